The van der Waals surface area contributed by atoms with Crippen LogP contribution in [0.3, 0.4) is 0 Å². The van der Waals surface area contributed by atoms with Crippen molar-refractivity contribution in [3.8, 4) is 17.6 Å². The number of ether oxygens (including phenoxy) is 2. The average molecular weight is 403 g/mol. The normalized spacial score (nSPS) is 32.0. The second-order valence-corrected chi connectivity index (χ2v) is 8.71. The molecule has 2 N–H and O–H groups in total. The van der Waals surface area contributed by atoms with Crippen molar-refractivity contribution >= 4 is 22.5 Å². The Labute approximate surface area is 175 Å². The minimum Gasteiger partial charge on any atom is -0.492 e. The van der Waals surface area contributed by atoms with Crippen LogP contribution in [0.15, 0.2) is 65.2 Å². The summed E-state index contributed by atoms with van der Waals surface area (Å²) >= 11 is 1.62. The summed E-state index contributed by atoms with van der Waals surface area (Å²) in [5.74, 6) is 7.87. The van der Waals surface area contributed by atoms with Crippen LogP contribution in [-0.2, 0) is 10.3 Å². The average Bonchev–Trinajstić information content (AvgIpc) is 3.05. The van der Waals surface area contributed by atoms with Crippen LogP contribution >= 0.6 is 11.8 Å². The van der Waals surface area contributed by atoms with Gasteiger partial charge in [-0.05, 0) is 42.3 Å². The van der Waals surface area contributed by atoms with E-state index in [4.69, 9.17) is 20.2 Å². The zero-order chi connectivity index (χ0) is 19.9. The molecule has 4 nitrogen and oxygen atoms in total. The number of benzene rings is 1. The highest BCUT2D eigenvalue weighted by Gasteiger charge is 2.62. The Morgan fingerprint density at radius 3 is 2.79 bits per heavy atom. The van der Waals surface area contributed by atoms with Gasteiger partial charge in [0.25, 0.3) is 0 Å². The molecule has 4 aliphatic rings. The molecule has 1 unspecified atom stereocenters. The first-order chi connectivity index (χ1) is 14.2. The predicted octanol–water partition coefficient (Wildman–Crippen LogP) is 3.81. The monoisotopic (exact) mass is 402 g/mol. The molecule has 29 heavy (non-hydrogen) atoms. The first-order valence-corrected chi connectivity index (χ1v) is 10.7. The number of aliphatic imine (C=N–C) groups is 1. The van der Waals surface area contributed by atoms with Crippen molar-refractivity contribution in [1.29, 1.82) is 0 Å². The van der Waals surface area contributed by atoms with Gasteiger partial charge in [-0.3, -0.25) is 0 Å². The molecule has 1 aromatic carbocycles. The molecule has 1 saturated heterocycles. The van der Waals surface area contributed by atoms with E-state index >= 15 is 0 Å². The molecule has 0 radical (unpaired) electrons. The first-order valence-electron chi connectivity index (χ1n) is 9.69. The Morgan fingerprint density at radius 1 is 1.17 bits per heavy atom. The summed E-state index contributed by atoms with van der Waals surface area (Å²) in [6.07, 6.45) is 12.3. The summed E-state index contributed by atoms with van der Waals surface area (Å²) in [5.41, 5.74) is 9.92. The Hall–Kier alpha value is -2.68. The Kier molecular flexibility index (Phi) is 4.42. The van der Waals surface area contributed by atoms with Crippen LogP contribution in [0.25, 0.3) is 5.57 Å². The van der Waals surface area contributed by atoms with Gasteiger partial charge < -0.3 is 15.2 Å². The van der Waals surface area contributed by atoms with Gasteiger partial charge in [0.2, 0.25) is 0 Å². The fourth-order valence-electron chi connectivity index (χ4n) is 4.34. The van der Waals surface area contributed by atoms with Crippen LogP contribution in [-0.4, -0.2) is 30.7 Å². The molecule has 1 aliphatic carbocycles. The maximum Gasteiger partial charge on any atom is 0.154 e. The van der Waals surface area contributed by atoms with Crippen LogP contribution in [0.5, 0.6) is 5.75 Å². The zero-order valence-corrected chi connectivity index (χ0v) is 17.1. The third kappa shape index (κ3) is 2.87. The van der Waals surface area contributed by atoms with E-state index in [0.29, 0.717) is 25.0 Å². The molecule has 1 fully saturated rings. The van der Waals surface area contributed by atoms with Crippen molar-refractivity contribution in [2.24, 2.45) is 16.1 Å². The number of rotatable bonds is 1. The Bertz CT molecular complexity index is 1080. The minimum absolute atomic E-state index is 0.139. The van der Waals surface area contributed by atoms with Crippen LogP contribution in [0.4, 0.5) is 0 Å². The van der Waals surface area contributed by atoms with Crippen molar-refractivity contribution in [2.45, 2.75) is 12.5 Å². The molecule has 2 spiro atoms. The number of nitrogens with two attached hydrogens (primary N) is 1. The van der Waals surface area contributed by atoms with Crippen molar-refractivity contribution in [1.82, 2.24) is 0 Å². The van der Waals surface area contributed by atoms with Crippen LogP contribution < -0.4 is 10.5 Å². The molecule has 0 aromatic heterocycles. The van der Waals surface area contributed by atoms with E-state index in [1.807, 2.05) is 31.2 Å². The van der Waals surface area contributed by atoms with Gasteiger partial charge in [0, 0.05) is 16.9 Å². The lowest BCUT2D eigenvalue weighted by Gasteiger charge is -2.54. The van der Waals surface area contributed by atoms with E-state index in [2.05, 4.69) is 42.2 Å². The highest BCUT2D eigenvalue weighted by Crippen LogP contribution is 2.58. The van der Waals surface area contributed by atoms with E-state index in [1.165, 1.54) is 0 Å². The lowest BCUT2D eigenvalue weighted by molar-refractivity contribution is -0.176. The van der Waals surface area contributed by atoms with Gasteiger partial charge in [-0.15, -0.1) is 5.92 Å². The Balaban J connectivity index is 1.64. The zero-order valence-electron chi connectivity index (χ0n) is 16.3. The van der Waals surface area contributed by atoms with Gasteiger partial charge in [-0.25, -0.2) is 4.99 Å². The molecule has 3 heterocycles. The second-order valence-electron chi connectivity index (χ2n) is 7.71. The number of nitrogens with zero attached hydrogens (tertiary/aromatic N) is 1. The quantitative estimate of drug-likeness (QED) is 0.726. The molecular formula is C24H22N2O2S. The van der Waals surface area contributed by atoms with E-state index in [9.17, 15) is 0 Å². The maximum atomic E-state index is 6.17. The highest BCUT2D eigenvalue weighted by atomic mass is 32.2. The van der Waals surface area contributed by atoms with Crippen molar-refractivity contribution in [3.63, 3.8) is 0 Å². The third-order valence-corrected chi connectivity index (χ3v) is 6.93. The summed E-state index contributed by atoms with van der Waals surface area (Å²) in [4.78, 5) is 4.98. The largest absolute Gasteiger partial charge is 0.492 e. The summed E-state index contributed by atoms with van der Waals surface area (Å²) in [6, 6.07) is 6.39. The number of thioether (sulfide) groups is 1. The van der Waals surface area contributed by atoms with Gasteiger partial charge in [0.05, 0.1) is 18.6 Å². The van der Waals surface area contributed by atoms with Gasteiger partial charge in [-0.2, -0.15) is 0 Å². The van der Waals surface area contributed by atoms with Crippen LogP contribution in [0.2, 0.25) is 0 Å². The molecule has 0 saturated carbocycles. The van der Waals surface area contributed by atoms with Gasteiger partial charge in [0.15, 0.2) is 5.17 Å². The van der Waals surface area contributed by atoms with Crippen molar-refractivity contribution in [2.75, 3.05) is 25.6 Å². The summed E-state index contributed by atoms with van der Waals surface area (Å²) in [6.45, 7) is 3.77. The van der Waals surface area contributed by atoms with Crippen molar-refractivity contribution < 1.29 is 9.47 Å². The number of amidine groups is 1. The second kappa shape index (κ2) is 6.98. The SMILES string of the molecule is CC#CC1=C/C(c2ccc3c(c2)C2(CSC(N)=N2)C2(COC2)CO3)=C\C=C\C=C\1. The van der Waals surface area contributed by atoms with Crippen LogP contribution in [0, 0.1) is 17.3 Å². The van der Waals surface area contributed by atoms with E-state index in [-0.39, 0.29) is 5.41 Å². The van der Waals surface area contributed by atoms with E-state index in [1.54, 1.807) is 11.8 Å². The first kappa shape index (κ1) is 18.4. The standard InChI is InChI=1S/C24H22N2O2S/c1-2-6-17-7-4-3-5-8-18(11-17)19-9-10-21-20(12-19)24(16-29-22(25)26-24)23(15-28-21)13-27-14-23/h3-5,7-12H,13-16H2,1H3,(H2,25,26)/b4-3?,5-3+,7-4+,8-5?,17-7?,17-11-,18-8+,18-11?. The van der Waals surface area contributed by atoms with E-state index in [0.717, 1.165) is 33.8 Å². The van der Waals surface area contributed by atoms with Gasteiger partial charge in [0.1, 0.15) is 17.9 Å². The molecule has 0 amide bonds. The molecule has 0 bridgehead atoms. The number of hydrogen-bond acceptors (Lipinski definition) is 5. The summed E-state index contributed by atoms with van der Waals surface area (Å²) in [7, 11) is 0. The fourth-order valence-corrected chi connectivity index (χ4v) is 5.44. The number of fused-ring (bicyclic) bond motifs is 3. The fraction of sp³-hybridized carbons (Fsp3) is 0.292. The lowest BCUT2D eigenvalue weighted by Crippen LogP contribution is -2.62. The highest BCUT2D eigenvalue weighted by molar-refractivity contribution is 8.14. The van der Waals surface area contributed by atoms with Crippen LogP contribution in [0.1, 0.15) is 18.1 Å². The maximum absolute atomic E-state index is 6.17. The molecule has 5 heteroatoms. The lowest BCUT2D eigenvalue weighted by atomic mass is 9.64. The summed E-state index contributed by atoms with van der Waals surface area (Å²) < 4.78 is 11.8. The minimum atomic E-state index is -0.392. The topological polar surface area (TPSA) is 56.8 Å². The molecule has 5 rings (SSSR count). The molecule has 3 aliphatic heterocycles. The summed E-state index contributed by atoms with van der Waals surface area (Å²) in [5, 5.41) is 0.646. The third-order valence-electron chi connectivity index (χ3n) is 5.98. The number of allylic oxidation sites excluding steroid dienone is 8. The number of hydrogen-bond donors (Lipinski definition) is 1. The molecule has 146 valence electrons. The van der Waals surface area contributed by atoms with Gasteiger partial charge in [-0.1, -0.05) is 48.1 Å². The molecular weight excluding hydrogens is 380 g/mol. The predicted molar refractivity (Wildman–Crippen MR) is 119 cm³/mol. The van der Waals surface area contributed by atoms with E-state index < -0.39 is 5.54 Å². The molecule has 1 aromatic rings. The Morgan fingerprint density at radius 2 is 2.07 bits per heavy atom. The van der Waals surface area contributed by atoms with Crippen molar-refractivity contribution in [3.05, 3.63) is 71.4 Å². The molecule has 1 atom stereocenters. The van der Waals surface area contributed by atoms with Gasteiger partial charge >= 0.3 is 0 Å². The smallest absolute Gasteiger partial charge is 0.154 e.